The Morgan fingerprint density at radius 3 is 2.04 bits per heavy atom. The Balaban J connectivity index is 1.67. The number of nitrogens with zero attached hydrogens (tertiary/aromatic N) is 2. The molecule has 11 nitrogen and oxygen atoms in total. The second-order valence-electron chi connectivity index (χ2n) is 4.74. The number of imide groups is 1. The number of amides is 3. The van der Waals surface area contributed by atoms with Gasteiger partial charge in [-0.15, -0.1) is 10.1 Å². The molecule has 2 saturated heterocycles. The minimum Gasteiger partial charge on any atom is -0.370 e. The monoisotopic (exact) mass is 330 g/mol. The maximum absolute atomic E-state index is 11.4. The summed E-state index contributed by atoms with van der Waals surface area (Å²) < 4.78 is 4.70. The Labute approximate surface area is 129 Å². The van der Waals surface area contributed by atoms with E-state index in [4.69, 9.17) is 4.74 Å². The van der Waals surface area contributed by atoms with Crippen LogP contribution in [0.25, 0.3) is 0 Å². The third-order valence-corrected chi connectivity index (χ3v) is 2.97. The van der Waals surface area contributed by atoms with Crippen molar-refractivity contribution in [3.05, 3.63) is 0 Å². The molecule has 0 radical (unpaired) electrons. The molecule has 0 aromatic carbocycles. The first kappa shape index (κ1) is 16.8. The maximum atomic E-state index is 11.4. The summed E-state index contributed by atoms with van der Waals surface area (Å²) in [6, 6.07) is 0. The largest absolute Gasteiger partial charge is 0.370 e. The van der Waals surface area contributed by atoms with Gasteiger partial charge in [0.1, 0.15) is 13.2 Å². The first-order chi connectivity index (χ1) is 10.9. The Morgan fingerprint density at radius 2 is 1.52 bits per heavy atom. The number of hydrogen-bond acceptors (Lipinski definition) is 9. The standard InChI is InChI=1S/C12H14N2O9/c15-7-1-2-8(16)13(7)22-11(19)5-21-6-12(20)23-14-9(17)3-4-10(14)18/h7,15H,1-6H2. The van der Waals surface area contributed by atoms with E-state index in [9.17, 15) is 29.1 Å². The average molecular weight is 330 g/mol. The Kier molecular flexibility index (Phi) is 5.24. The molecule has 1 atom stereocenters. The summed E-state index contributed by atoms with van der Waals surface area (Å²) in [7, 11) is 0. The number of carbonyl (C=O) groups is 5. The van der Waals surface area contributed by atoms with Crippen LogP contribution in [0.2, 0.25) is 0 Å². The molecule has 2 fully saturated rings. The van der Waals surface area contributed by atoms with E-state index in [0.717, 1.165) is 0 Å². The number of hydrogen-bond donors (Lipinski definition) is 1. The van der Waals surface area contributed by atoms with E-state index in [1.165, 1.54) is 0 Å². The quantitative estimate of drug-likeness (QED) is 0.548. The van der Waals surface area contributed by atoms with E-state index >= 15 is 0 Å². The number of ether oxygens (including phenoxy) is 1. The van der Waals surface area contributed by atoms with Crippen molar-refractivity contribution in [3.63, 3.8) is 0 Å². The zero-order valence-corrected chi connectivity index (χ0v) is 11.9. The first-order valence-electron chi connectivity index (χ1n) is 6.73. The lowest BCUT2D eigenvalue weighted by Crippen LogP contribution is -2.37. The number of aliphatic hydroxyl groups is 1. The van der Waals surface area contributed by atoms with Gasteiger partial charge in [-0.1, -0.05) is 0 Å². The molecule has 0 aromatic rings. The molecule has 0 aromatic heterocycles. The third kappa shape index (κ3) is 4.23. The fraction of sp³-hybridized carbons (Fsp3) is 0.583. The van der Waals surface area contributed by atoms with E-state index in [1.54, 1.807) is 0 Å². The second-order valence-corrected chi connectivity index (χ2v) is 4.74. The van der Waals surface area contributed by atoms with Crippen LogP contribution in [0.15, 0.2) is 0 Å². The van der Waals surface area contributed by atoms with Gasteiger partial charge in [0.15, 0.2) is 6.23 Å². The second kappa shape index (κ2) is 7.15. The fourth-order valence-corrected chi connectivity index (χ4v) is 1.90. The van der Waals surface area contributed by atoms with Crippen molar-refractivity contribution in [1.82, 2.24) is 10.1 Å². The molecule has 2 heterocycles. The van der Waals surface area contributed by atoms with E-state index in [1.807, 2.05) is 0 Å². The lowest BCUT2D eigenvalue weighted by Gasteiger charge is -2.18. The van der Waals surface area contributed by atoms with E-state index < -0.39 is 49.1 Å². The molecular formula is C12H14N2O9. The normalized spacial score (nSPS) is 21.1. The maximum Gasteiger partial charge on any atom is 0.358 e. The van der Waals surface area contributed by atoms with Gasteiger partial charge in [-0.05, 0) is 0 Å². The molecule has 2 aliphatic heterocycles. The summed E-state index contributed by atoms with van der Waals surface area (Å²) >= 11 is 0. The topological polar surface area (TPSA) is 140 Å². The van der Waals surface area contributed by atoms with Crippen LogP contribution in [0.1, 0.15) is 25.7 Å². The van der Waals surface area contributed by atoms with E-state index in [-0.39, 0.29) is 25.7 Å². The summed E-state index contributed by atoms with van der Waals surface area (Å²) in [6.07, 6.45) is -1.07. The van der Waals surface area contributed by atoms with Crippen LogP contribution >= 0.6 is 0 Å². The molecule has 0 spiro atoms. The van der Waals surface area contributed by atoms with Crippen molar-refractivity contribution in [3.8, 4) is 0 Å². The first-order valence-corrected chi connectivity index (χ1v) is 6.73. The molecule has 2 aliphatic rings. The van der Waals surface area contributed by atoms with Gasteiger partial charge in [-0.25, -0.2) is 9.59 Å². The highest BCUT2D eigenvalue weighted by molar-refractivity contribution is 6.01. The van der Waals surface area contributed by atoms with Gasteiger partial charge in [-0.3, -0.25) is 14.4 Å². The highest BCUT2D eigenvalue weighted by Crippen LogP contribution is 2.16. The van der Waals surface area contributed by atoms with Crippen LogP contribution in [-0.4, -0.2) is 64.3 Å². The van der Waals surface area contributed by atoms with Crippen LogP contribution in [0.5, 0.6) is 0 Å². The molecular weight excluding hydrogens is 316 g/mol. The highest BCUT2D eigenvalue weighted by atomic mass is 16.7. The van der Waals surface area contributed by atoms with Gasteiger partial charge in [-0.2, -0.15) is 0 Å². The molecule has 0 saturated carbocycles. The van der Waals surface area contributed by atoms with Crippen molar-refractivity contribution in [2.45, 2.75) is 31.9 Å². The summed E-state index contributed by atoms with van der Waals surface area (Å²) in [4.78, 5) is 65.5. The molecule has 0 bridgehead atoms. The van der Waals surface area contributed by atoms with Crippen LogP contribution in [-0.2, 0) is 38.4 Å². The zero-order chi connectivity index (χ0) is 17.0. The van der Waals surface area contributed by atoms with Gasteiger partial charge in [0.2, 0.25) is 0 Å². The summed E-state index contributed by atoms with van der Waals surface area (Å²) in [6.45, 7) is -1.39. The third-order valence-electron chi connectivity index (χ3n) is 2.97. The van der Waals surface area contributed by atoms with E-state index in [0.29, 0.717) is 10.1 Å². The molecule has 2 rings (SSSR count). The minimum absolute atomic E-state index is 0.0362. The van der Waals surface area contributed by atoms with Crippen LogP contribution < -0.4 is 0 Å². The number of carbonyl (C=O) groups excluding carboxylic acids is 5. The minimum atomic E-state index is -1.20. The van der Waals surface area contributed by atoms with Gasteiger partial charge in [0.25, 0.3) is 17.7 Å². The molecule has 126 valence electrons. The molecule has 11 heteroatoms. The van der Waals surface area contributed by atoms with E-state index in [2.05, 4.69) is 9.68 Å². The van der Waals surface area contributed by atoms with Gasteiger partial charge >= 0.3 is 11.9 Å². The van der Waals surface area contributed by atoms with Gasteiger partial charge in [0.05, 0.1) is 0 Å². The van der Waals surface area contributed by atoms with Crippen molar-refractivity contribution < 1.29 is 43.5 Å². The number of aliphatic hydroxyl groups excluding tert-OH is 1. The predicted octanol–water partition coefficient (Wildman–Crippen LogP) is -1.99. The average Bonchev–Trinajstić information content (AvgIpc) is 2.97. The summed E-state index contributed by atoms with van der Waals surface area (Å²) in [5, 5.41) is 10.3. The Bertz CT molecular complexity index is 531. The molecule has 1 N–H and O–H groups in total. The molecule has 23 heavy (non-hydrogen) atoms. The predicted molar refractivity (Wildman–Crippen MR) is 66.2 cm³/mol. The van der Waals surface area contributed by atoms with Gasteiger partial charge in [0, 0.05) is 25.7 Å². The van der Waals surface area contributed by atoms with Gasteiger partial charge < -0.3 is 19.5 Å². The molecule has 1 unspecified atom stereocenters. The van der Waals surface area contributed by atoms with Crippen LogP contribution in [0.4, 0.5) is 0 Å². The zero-order valence-electron chi connectivity index (χ0n) is 11.9. The highest BCUT2D eigenvalue weighted by Gasteiger charge is 2.34. The van der Waals surface area contributed by atoms with Crippen molar-refractivity contribution in [2.24, 2.45) is 0 Å². The SMILES string of the molecule is O=C(COCC(=O)ON1C(=O)CCC1O)ON1C(=O)CCC1=O. The Morgan fingerprint density at radius 1 is 0.957 bits per heavy atom. The summed E-state index contributed by atoms with van der Waals surface area (Å²) in [5.74, 6) is -3.86. The molecule has 3 amide bonds. The number of hydroxylamine groups is 4. The fourth-order valence-electron chi connectivity index (χ4n) is 1.90. The summed E-state index contributed by atoms with van der Waals surface area (Å²) in [5.41, 5.74) is 0. The van der Waals surface area contributed by atoms with Crippen LogP contribution in [0, 0.1) is 0 Å². The number of rotatable bonds is 6. The van der Waals surface area contributed by atoms with Crippen molar-refractivity contribution in [1.29, 1.82) is 0 Å². The van der Waals surface area contributed by atoms with Crippen molar-refractivity contribution in [2.75, 3.05) is 13.2 Å². The smallest absolute Gasteiger partial charge is 0.358 e. The Hall–Kier alpha value is -2.53. The van der Waals surface area contributed by atoms with Crippen molar-refractivity contribution >= 4 is 29.7 Å². The lowest BCUT2D eigenvalue weighted by molar-refractivity contribution is -0.224. The van der Waals surface area contributed by atoms with Crippen LogP contribution in [0.3, 0.4) is 0 Å². The molecule has 0 aliphatic carbocycles. The lowest BCUT2D eigenvalue weighted by atomic mass is 10.4.